The zero-order valence-electron chi connectivity index (χ0n) is 30.3. The average molecular weight is 733 g/mol. The molecule has 1 heterocycles. The Morgan fingerprint density at radius 2 is 1.60 bits per heavy atom. The Kier molecular flexibility index (Phi) is 15.3. The van der Waals surface area contributed by atoms with Gasteiger partial charge in [-0.05, 0) is 56.3 Å². The molecule has 1 aromatic heterocycles. The normalized spacial score (nSPS) is 11.4. The molecule has 12 heteroatoms. The largest absolute Gasteiger partial charge is 0.449 e. The molecular weight excluding hydrogens is 684 g/mol. The smallest absolute Gasteiger partial charge is 0.421 e. The number of carbonyl (C=O) groups excluding carboxylic acids is 3. The van der Waals surface area contributed by atoms with E-state index in [2.05, 4.69) is 5.32 Å². The molecule has 52 heavy (non-hydrogen) atoms. The van der Waals surface area contributed by atoms with E-state index in [1.807, 2.05) is 60.4 Å². The SMILES string of the molecule is CCCCOC(=O)NS(=O)(=O)c1ccccc1-c1ccc(Cn2c(CCC)nc(CC)c2C(=O)CCNCCCCC(=O)c2ccccc2)c(F)c1. The second kappa shape index (κ2) is 19.8. The first-order valence-electron chi connectivity index (χ1n) is 18.1. The van der Waals surface area contributed by atoms with Crippen LogP contribution in [0.1, 0.15) is 104 Å². The van der Waals surface area contributed by atoms with Crippen molar-refractivity contribution >= 4 is 27.7 Å². The molecule has 10 nitrogen and oxygen atoms in total. The van der Waals surface area contributed by atoms with Gasteiger partial charge in [-0.1, -0.05) is 87.9 Å². The number of halogens is 1. The van der Waals surface area contributed by atoms with E-state index in [-0.39, 0.29) is 41.6 Å². The Bertz CT molecular complexity index is 1930. The highest BCUT2D eigenvalue weighted by atomic mass is 32.2. The lowest BCUT2D eigenvalue weighted by Crippen LogP contribution is -2.31. The van der Waals surface area contributed by atoms with Gasteiger partial charge in [-0.15, -0.1) is 0 Å². The number of Topliss-reactive ketones (excluding diaryl/α,β-unsaturated/α-hetero) is 2. The maximum Gasteiger partial charge on any atom is 0.421 e. The summed E-state index contributed by atoms with van der Waals surface area (Å²) in [6.45, 7) is 7.18. The number of hydrogen-bond acceptors (Lipinski definition) is 8. The van der Waals surface area contributed by atoms with Crippen LogP contribution in [-0.2, 0) is 34.1 Å². The van der Waals surface area contributed by atoms with Crippen LogP contribution in [-0.4, -0.2) is 55.3 Å². The van der Waals surface area contributed by atoms with Crippen molar-refractivity contribution in [3.63, 3.8) is 0 Å². The molecule has 0 bridgehead atoms. The number of unbranched alkanes of at least 4 members (excludes halogenated alkanes) is 2. The van der Waals surface area contributed by atoms with Crippen LogP contribution in [0.4, 0.5) is 9.18 Å². The van der Waals surface area contributed by atoms with Crippen molar-refractivity contribution in [2.24, 2.45) is 0 Å². The number of nitrogens with one attached hydrogen (secondary N) is 2. The van der Waals surface area contributed by atoms with Crippen LogP contribution in [0, 0.1) is 5.82 Å². The third-order valence-electron chi connectivity index (χ3n) is 8.64. The van der Waals surface area contributed by atoms with Crippen molar-refractivity contribution in [1.82, 2.24) is 19.6 Å². The van der Waals surface area contributed by atoms with Gasteiger partial charge < -0.3 is 14.6 Å². The molecule has 4 aromatic rings. The van der Waals surface area contributed by atoms with Crippen molar-refractivity contribution < 1.29 is 31.9 Å². The zero-order valence-corrected chi connectivity index (χ0v) is 31.1. The highest BCUT2D eigenvalue weighted by Gasteiger charge is 2.25. The van der Waals surface area contributed by atoms with E-state index < -0.39 is 21.9 Å². The van der Waals surface area contributed by atoms with Gasteiger partial charge in [-0.2, -0.15) is 0 Å². The number of aromatic nitrogens is 2. The molecule has 0 atom stereocenters. The van der Waals surface area contributed by atoms with E-state index in [0.29, 0.717) is 67.1 Å². The minimum absolute atomic E-state index is 0.0729. The summed E-state index contributed by atoms with van der Waals surface area (Å²) >= 11 is 0. The number of nitrogens with zero attached hydrogens (tertiary/aromatic N) is 2. The molecule has 278 valence electrons. The van der Waals surface area contributed by atoms with Crippen molar-refractivity contribution in [3.05, 3.63) is 107 Å². The number of aryl methyl sites for hydroxylation is 2. The molecular formula is C40H49FN4O6S. The van der Waals surface area contributed by atoms with Gasteiger partial charge in [-0.3, -0.25) is 9.59 Å². The predicted molar refractivity (Wildman–Crippen MR) is 200 cm³/mol. The fourth-order valence-corrected chi connectivity index (χ4v) is 7.02. The summed E-state index contributed by atoms with van der Waals surface area (Å²) < 4.78 is 50.9. The van der Waals surface area contributed by atoms with E-state index >= 15 is 4.39 Å². The molecule has 1 amide bonds. The summed E-state index contributed by atoms with van der Waals surface area (Å²) in [6.07, 6.45) is 4.50. The van der Waals surface area contributed by atoms with Crippen LogP contribution in [0.25, 0.3) is 11.1 Å². The van der Waals surface area contributed by atoms with Crippen LogP contribution in [0.5, 0.6) is 0 Å². The second-order valence-corrected chi connectivity index (χ2v) is 14.2. The standard InChI is InChI=1S/C40H49FN4O6S/c1-4-7-26-51-40(48)44-52(49,50)37-20-12-11-18-32(37)30-21-22-31(33(41)27-30)28-45-38(15-5-2)43-34(6-3)39(45)36(47)23-25-42-24-14-13-19-35(46)29-16-9-8-10-17-29/h8-12,16-18,20-22,27,42H,4-7,13-15,19,23-26,28H2,1-3H3,(H,44,48). The fourth-order valence-electron chi connectivity index (χ4n) is 5.90. The van der Waals surface area contributed by atoms with E-state index in [4.69, 9.17) is 9.72 Å². The molecule has 4 rings (SSSR count). The topological polar surface area (TPSA) is 136 Å². The third kappa shape index (κ3) is 10.9. The molecule has 0 radical (unpaired) electrons. The summed E-state index contributed by atoms with van der Waals surface area (Å²) in [5.41, 5.74) is 2.70. The molecule has 0 aliphatic heterocycles. The van der Waals surface area contributed by atoms with E-state index in [1.165, 1.54) is 18.2 Å². The summed E-state index contributed by atoms with van der Waals surface area (Å²) in [5, 5.41) is 3.31. The maximum absolute atomic E-state index is 15.9. The fraction of sp³-hybridized carbons (Fsp3) is 0.400. The Hall–Kier alpha value is -4.68. The molecule has 3 aromatic carbocycles. The number of rotatable bonds is 21. The summed E-state index contributed by atoms with van der Waals surface area (Å²) in [6, 6.07) is 19.8. The average Bonchev–Trinajstić information content (AvgIpc) is 3.48. The lowest BCUT2D eigenvalue weighted by molar-refractivity contribution is 0.0969. The summed E-state index contributed by atoms with van der Waals surface area (Å²) in [5.74, 6) is 0.166. The molecule has 0 unspecified atom stereocenters. The molecule has 0 spiro atoms. The van der Waals surface area contributed by atoms with E-state index in [1.54, 1.807) is 24.3 Å². The number of amides is 1. The maximum atomic E-state index is 15.9. The highest BCUT2D eigenvalue weighted by molar-refractivity contribution is 7.90. The van der Waals surface area contributed by atoms with Crippen molar-refractivity contribution in [3.8, 4) is 11.1 Å². The van der Waals surface area contributed by atoms with E-state index in [9.17, 15) is 22.8 Å². The number of carbonyl (C=O) groups is 3. The van der Waals surface area contributed by atoms with Gasteiger partial charge in [-0.25, -0.2) is 27.3 Å². The van der Waals surface area contributed by atoms with Crippen molar-refractivity contribution in [2.45, 2.75) is 90.0 Å². The minimum Gasteiger partial charge on any atom is -0.449 e. The number of ether oxygens (including phenoxy) is 1. The Morgan fingerprint density at radius 1 is 0.846 bits per heavy atom. The number of benzene rings is 3. The quantitative estimate of drug-likeness (QED) is 0.0658. The van der Waals surface area contributed by atoms with Gasteiger partial charge in [0.2, 0.25) is 0 Å². The predicted octanol–water partition coefficient (Wildman–Crippen LogP) is 7.68. The molecule has 0 fully saturated rings. The number of sulfonamides is 1. The van der Waals surface area contributed by atoms with Crippen LogP contribution >= 0.6 is 0 Å². The Labute approximate surface area is 306 Å². The second-order valence-electron chi connectivity index (χ2n) is 12.6. The number of hydrogen-bond donors (Lipinski definition) is 2. The first-order valence-corrected chi connectivity index (χ1v) is 19.6. The third-order valence-corrected chi connectivity index (χ3v) is 10.0. The number of imidazole rings is 1. The van der Waals surface area contributed by atoms with E-state index in [0.717, 1.165) is 31.2 Å². The van der Waals surface area contributed by atoms with Crippen LogP contribution in [0.3, 0.4) is 0 Å². The Morgan fingerprint density at radius 3 is 2.31 bits per heavy atom. The first kappa shape index (κ1) is 40.1. The highest BCUT2D eigenvalue weighted by Crippen LogP contribution is 2.29. The van der Waals surface area contributed by atoms with Gasteiger partial charge in [0.05, 0.1) is 23.7 Å². The minimum atomic E-state index is -4.32. The van der Waals surface area contributed by atoms with Gasteiger partial charge in [0.15, 0.2) is 11.6 Å². The van der Waals surface area contributed by atoms with Gasteiger partial charge in [0, 0.05) is 42.5 Å². The monoisotopic (exact) mass is 732 g/mol. The summed E-state index contributed by atoms with van der Waals surface area (Å²) in [7, 11) is -4.32. The first-order chi connectivity index (χ1) is 25.1. The summed E-state index contributed by atoms with van der Waals surface area (Å²) in [4.78, 5) is 42.7. The van der Waals surface area contributed by atoms with Gasteiger partial charge in [0.1, 0.15) is 17.3 Å². The van der Waals surface area contributed by atoms with Crippen molar-refractivity contribution in [1.29, 1.82) is 0 Å². The van der Waals surface area contributed by atoms with Crippen molar-refractivity contribution in [2.75, 3.05) is 19.7 Å². The zero-order chi connectivity index (χ0) is 37.5. The Balaban J connectivity index is 1.45. The lowest BCUT2D eigenvalue weighted by Gasteiger charge is -2.15. The van der Waals surface area contributed by atoms with Gasteiger partial charge >= 0.3 is 6.09 Å². The lowest BCUT2D eigenvalue weighted by atomic mass is 10.0. The van der Waals surface area contributed by atoms with Crippen LogP contribution in [0.15, 0.2) is 77.7 Å². The molecule has 0 aliphatic rings. The molecule has 0 aliphatic carbocycles. The molecule has 2 N–H and O–H groups in total. The molecule has 0 saturated heterocycles. The van der Waals surface area contributed by atoms with Gasteiger partial charge in [0.25, 0.3) is 10.0 Å². The number of ketones is 2. The van der Waals surface area contributed by atoms with Crippen LogP contribution in [0.2, 0.25) is 0 Å². The van der Waals surface area contributed by atoms with Crippen LogP contribution < -0.4 is 10.0 Å². The molecule has 0 saturated carbocycles.